The van der Waals surface area contributed by atoms with Crippen LogP contribution in [0.2, 0.25) is 5.02 Å². The summed E-state index contributed by atoms with van der Waals surface area (Å²) in [4.78, 5) is 18.3. The molecular formula is C19H23ClN2O2S. The fourth-order valence-electron chi connectivity index (χ4n) is 2.94. The van der Waals surface area contributed by atoms with E-state index in [2.05, 4.69) is 22.4 Å². The Morgan fingerprint density at radius 2 is 1.92 bits per heavy atom. The fourth-order valence-corrected chi connectivity index (χ4v) is 3.76. The van der Waals surface area contributed by atoms with E-state index in [1.807, 2.05) is 4.90 Å². The van der Waals surface area contributed by atoms with Gasteiger partial charge in [-0.1, -0.05) is 17.7 Å². The van der Waals surface area contributed by atoms with Gasteiger partial charge in [0.15, 0.2) is 6.10 Å². The second-order valence-electron chi connectivity index (χ2n) is 6.21. The van der Waals surface area contributed by atoms with Gasteiger partial charge in [-0.25, -0.2) is 0 Å². The summed E-state index contributed by atoms with van der Waals surface area (Å²) < 4.78 is 5.75. The van der Waals surface area contributed by atoms with Gasteiger partial charge in [-0.2, -0.15) is 0 Å². The number of carbonyl (C=O) groups is 1. The SMILES string of the molecule is CC(Oc1ccc(Cl)cc1)C(=O)N1CCN(CCc2cccs2)CC1. The molecule has 1 aromatic carbocycles. The molecule has 1 saturated heterocycles. The standard InChI is InChI=1S/C19H23ClN2O2S/c1-15(24-17-6-4-16(20)5-7-17)19(23)22-12-10-21(11-13-22)9-8-18-3-2-14-25-18/h2-7,14-15H,8-13H2,1H3. The molecule has 1 unspecified atom stereocenters. The molecule has 0 spiro atoms. The number of hydrogen-bond acceptors (Lipinski definition) is 4. The Labute approximate surface area is 158 Å². The van der Waals surface area contributed by atoms with E-state index in [4.69, 9.17) is 16.3 Å². The Hall–Kier alpha value is -1.56. The summed E-state index contributed by atoms with van der Waals surface area (Å²) in [6.07, 6.45) is 0.598. The van der Waals surface area contributed by atoms with Crippen molar-refractivity contribution in [3.8, 4) is 5.75 Å². The van der Waals surface area contributed by atoms with Crippen molar-refractivity contribution in [3.63, 3.8) is 0 Å². The zero-order valence-corrected chi connectivity index (χ0v) is 15.9. The van der Waals surface area contributed by atoms with Gasteiger partial charge in [-0.05, 0) is 49.1 Å². The first-order chi connectivity index (χ1) is 12.1. The Morgan fingerprint density at radius 3 is 2.56 bits per heavy atom. The molecule has 1 aliphatic heterocycles. The van der Waals surface area contributed by atoms with Crippen molar-refractivity contribution >= 4 is 28.8 Å². The second-order valence-corrected chi connectivity index (χ2v) is 7.68. The summed E-state index contributed by atoms with van der Waals surface area (Å²) in [5.74, 6) is 0.715. The number of nitrogens with zero attached hydrogens (tertiary/aromatic N) is 2. The third-order valence-electron chi connectivity index (χ3n) is 4.41. The molecule has 1 aromatic heterocycles. The van der Waals surface area contributed by atoms with Crippen molar-refractivity contribution in [2.75, 3.05) is 32.7 Å². The van der Waals surface area contributed by atoms with Crippen LogP contribution in [0.5, 0.6) is 5.75 Å². The molecule has 4 nitrogen and oxygen atoms in total. The molecule has 0 bridgehead atoms. The van der Waals surface area contributed by atoms with Gasteiger partial charge in [-0.3, -0.25) is 9.69 Å². The number of amides is 1. The lowest BCUT2D eigenvalue weighted by atomic mass is 10.2. The lowest BCUT2D eigenvalue weighted by Crippen LogP contribution is -2.52. The van der Waals surface area contributed by atoms with Crippen LogP contribution in [0.15, 0.2) is 41.8 Å². The van der Waals surface area contributed by atoms with Gasteiger partial charge in [0.2, 0.25) is 0 Å². The van der Waals surface area contributed by atoms with Crippen LogP contribution in [0.4, 0.5) is 0 Å². The van der Waals surface area contributed by atoms with Crippen molar-refractivity contribution in [1.82, 2.24) is 9.80 Å². The van der Waals surface area contributed by atoms with Gasteiger partial charge in [0.05, 0.1) is 0 Å². The van der Waals surface area contributed by atoms with Gasteiger partial charge < -0.3 is 9.64 Å². The number of halogens is 1. The first-order valence-electron chi connectivity index (χ1n) is 8.57. The smallest absolute Gasteiger partial charge is 0.263 e. The molecule has 0 aliphatic carbocycles. The molecule has 25 heavy (non-hydrogen) atoms. The minimum absolute atomic E-state index is 0.0489. The molecule has 2 heterocycles. The number of benzene rings is 1. The summed E-state index contributed by atoms with van der Waals surface area (Å²) in [6, 6.07) is 11.4. The van der Waals surface area contributed by atoms with Crippen LogP contribution in [0.1, 0.15) is 11.8 Å². The summed E-state index contributed by atoms with van der Waals surface area (Å²) in [7, 11) is 0. The number of thiophene rings is 1. The van der Waals surface area contributed by atoms with E-state index in [9.17, 15) is 4.79 Å². The third-order valence-corrected chi connectivity index (χ3v) is 5.60. The monoisotopic (exact) mass is 378 g/mol. The van der Waals surface area contributed by atoms with E-state index in [0.29, 0.717) is 10.8 Å². The van der Waals surface area contributed by atoms with Crippen molar-refractivity contribution in [2.24, 2.45) is 0 Å². The van der Waals surface area contributed by atoms with E-state index in [1.165, 1.54) is 4.88 Å². The van der Waals surface area contributed by atoms with Crippen LogP contribution in [0.25, 0.3) is 0 Å². The Bertz CT molecular complexity index is 667. The molecule has 3 rings (SSSR count). The second kappa shape index (κ2) is 8.70. The van der Waals surface area contributed by atoms with Crippen LogP contribution < -0.4 is 4.74 Å². The zero-order valence-electron chi connectivity index (χ0n) is 14.4. The van der Waals surface area contributed by atoms with E-state index in [-0.39, 0.29) is 5.91 Å². The first kappa shape index (κ1) is 18.2. The van der Waals surface area contributed by atoms with Crippen molar-refractivity contribution in [3.05, 3.63) is 51.7 Å². The molecule has 0 saturated carbocycles. The minimum Gasteiger partial charge on any atom is -0.481 e. The third kappa shape index (κ3) is 5.21. The quantitative estimate of drug-likeness (QED) is 0.770. The van der Waals surface area contributed by atoms with Crippen molar-refractivity contribution in [2.45, 2.75) is 19.4 Å². The van der Waals surface area contributed by atoms with Gasteiger partial charge in [0.25, 0.3) is 5.91 Å². The maximum atomic E-state index is 12.6. The highest BCUT2D eigenvalue weighted by atomic mass is 35.5. The van der Waals surface area contributed by atoms with E-state index < -0.39 is 6.10 Å². The molecule has 1 fully saturated rings. The fraction of sp³-hybridized carbons (Fsp3) is 0.421. The maximum Gasteiger partial charge on any atom is 0.263 e. The van der Waals surface area contributed by atoms with Gasteiger partial charge in [-0.15, -0.1) is 11.3 Å². The predicted octanol–water partition coefficient (Wildman–Crippen LogP) is 3.56. The summed E-state index contributed by atoms with van der Waals surface area (Å²) in [5.41, 5.74) is 0. The first-order valence-corrected chi connectivity index (χ1v) is 9.83. The van der Waals surface area contributed by atoms with E-state index in [0.717, 1.165) is 39.1 Å². The maximum absolute atomic E-state index is 12.6. The lowest BCUT2D eigenvalue weighted by molar-refractivity contribution is -0.139. The van der Waals surface area contributed by atoms with Crippen LogP contribution in [0, 0.1) is 0 Å². The lowest BCUT2D eigenvalue weighted by Gasteiger charge is -2.35. The predicted molar refractivity (Wildman–Crippen MR) is 103 cm³/mol. The molecule has 2 aromatic rings. The Kier molecular flexibility index (Phi) is 6.34. The number of ether oxygens (including phenoxy) is 1. The van der Waals surface area contributed by atoms with Crippen LogP contribution in [0.3, 0.4) is 0 Å². The van der Waals surface area contributed by atoms with Crippen LogP contribution in [-0.4, -0.2) is 54.5 Å². The summed E-state index contributed by atoms with van der Waals surface area (Å²) in [5, 5.41) is 2.78. The highest BCUT2D eigenvalue weighted by molar-refractivity contribution is 7.09. The molecule has 1 aliphatic rings. The molecule has 0 radical (unpaired) electrons. The Morgan fingerprint density at radius 1 is 1.20 bits per heavy atom. The van der Waals surface area contributed by atoms with Crippen LogP contribution >= 0.6 is 22.9 Å². The normalized spacial score (nSPS) is 16.6. The average molecular weight is 379 g/mol. The molecule has 1 atom stereocenters. The number of hydrogen-bond donors (Lipinski definition) is 0. The topological polar surface area (TPSA) is 32.8 Å². The highest BCUT2D eigenvalue weighted by Gasteiger charge is 2.25. The minimum atomic E-state index is -0.487. The Balaban J connectivity index is 1.43. The van der Waals surface area contributed by atoms with Gasteiger partial charge >= 0.3 is 0 Å². The average Bonchev–Trinajstić information content (AvgIpc) is 3.15. The molecule has 134 valence electrons. The van der Waals surface area contributed by atoms with Crippen LogP contribution in [-0.2, 0) is 11.2 Å². The van der Waals surface area contributed by atoms with Gasteiger partial charge in [0.1, 0.15) is 5.75 Å². The molecule has 1 amide bonds. The highest BCUT2D eigenvalue weighted by Crippen LogP contribution is 2.18. The number of carbonyl (C=O) groups excluding carboxylic acids is 1. The largest absolute Gasteiger partial charge is 0.481 e. The summed E-state index contributed by atoms with van der Waals surface area (Å²) in [6.45, 7) is 6.23. The van der Waals surface area contributed by atoms with Crippen molar-refractivity contribution < 1.29 is 9.53 Å². The molecular weight excluding hydrogens is 356 g/mol. The molecule has 6 heteroatoms. The van der Waals surface area contributed by atoms with Crippen molar-refractivity contribution in [1.29, 1.82) is 0 Å². The number of piperazine rings is 1. The van der Waals surface area contributed by atoms with Gasteiger partial charge in [0, 0.05) is 42.6 Å². The van der Waals surface area contributed by atoms with E-state index >= 15 is 0 Å². The van der Waals surface area contributed by atoms with E-state index in [1.54, 1.807) is 42.5 Å². The summed E-state index contributed by atoms with van der Waals surface area (Å²) >= 11 is 7.68. The molecule has 0 N–H and O–H groups in total. The number of rotatable bonds is 6. The zero-order chi connectivity index (χ0) is 17.6.